The minimum atomic E-state index is -0.382. The first-order valence-electron chi connectivity index (χ1n) is 5.94. The molecule has 0 saturated heterocycles. The van der Waals surface area contributed by atoms with Crippen molar-refractivity contribution < 1.29 is 4.79 Å². The summed E-state index contributed by atoms with van der Waals surface area (Å²) in [5.74, 6) is 2.01. The fourth-order valence-electron chi connectivity index (χ4n) is 1.85. The van der Waals surface area contributed by atoms with E-state index in [1.165, 1.54) is 12.8 Å². The molecule has 0 bridgehead atoms. The standard InChI is InChI=1S/C11H19N5O/c1-7-13-10(15-14-7)6-16(2)11(17)9(12)5-8-3-4-8/h8-9H,3-6,12H2,1-2H3,(H,13,14,15). The van der Waals surface area contributed by atoms with Crippen LogP contribution in [0.3, 0.4) is 0 Å². The van der Waals surface area contributed by atoms with Crippen LogP contribution in [0.25, 0.3) is 0 Å². The Hall–Kier alpha value is -1.43. The van der Waals surface area contributed by atoms with Crippen molar-refractivity contribution in [1.82, 2.24) is 20.1 Å². The number of carbonyl (C=O) groups excluding carboxylic acids is 1. The number of hydrogen-bond acceptors (Lipinski definition) is 4. The van der Waals surface area contributed by atoms with Crippen LogP contribution < -0.4 is 5.73 Å². The molecule has 1 atom stereocenters. The van der Waals surface area contributed by atoms with Crippen LogP contribution in [0.2, 0.25) is 0 Å². The number of H-pyrrole nitrogens is 1. The summed E-state index contributed by atoms with van der Waals surface area (Å²) in [4.78, 5) is 17.7. The molecule has 0 spiro atoms. The van der Waals surface area contributed by atoms with Gasteiger partial charge in [-0.3, -0.25) is 9.89 Å². The molecule has 1 aromatic heterocycles. The zero-order chi connectivity index (χ0) is 12.4. The van der Waals surface area contributed by atoms with E-state index >= 15 is 0 Å². The van der Waals surface area contributed by atoms with Gasteiger partial charge in [-0.1, -0.05) is 12.8 Å². The minimum Gasteiger partial charge on any atom is -0.337 e. The predicted octanol–water partition coefficient (Wildman–Crippen LogP) is 0.199. The molecule has 94 valence electrons. The van der Waals surface area contributed by atoms with E-state index in [2.05, 4.69) is 15.2 Å². The SMILES string of the molecule is Cc1nc(CN(C)C(=O)C(N)CC2CC2)n[nH]1. The molecule has 3 N–H and O–H groups in total. The lowest BCUT2D eigenvalue weighted by atomic mass is 10.1. The van der Waals surface area contributed by atoms with E-state index in [1.54, 1.807) is 11.9 Å². The summed E-state index contributed by atoms with van der Waals surface area (Å²) < 4.78 is 0. The summed E-state index contributed by atoms with van der Waals surface area (Å²) in [7, 11) is 1.74. The number of aromatic nitrogens is 3. The van der Waals surface area contributed by atoms with E-state index < -0.39 is 0 Å². The van der Waals surface area contributed by atoms with Crippen molar-refractivity contribution in [3.8, 4) is 0 Å². The summed E-state index contributed by atoms with van der Waals surface area (Å²) in [5, 5.41) is 6.75. The third kappa shape index (κ3) is 3.26. The lowest BCUT2D eigenvalue weighted by molar-refractivity contribution is -0.132. The highest BCUT2D eigenvalue weighted by Crippen LogP contribution is 2.33. The molecule has 1 amide bonds. The molecule has 0 aromatic carbocycles. The smallest absolute Gasteiger partial charge is 0.239 e. The molecule has 6 heteroatoms. The summed E-state index contributed by atoms with van der Waals surface area (Å²) in [6.07, 6.45) is 3.23. The lowest BCUT2D eigenvalue weighted by Crippen LogP contribution is -2.41. The number of nitrogens with zero attached hydrogens (tertiary/aromatic N) is 3. The number of carbonyl (C=O) groups is 1. The third-order valence-corrected chi connectivity index (χ3v) is 3.00. The van der Waals surface area contributed by atoms with Crippen LogP contribution in [-0.4, -0.2) is 39.1 Å². The molecule has 6 nitrogen and oxygen atoms in total. The topological polar surface area (TPSA) is 87.9 Å². The van der Waals surface area contributed by atoms with Gasteiger partial charge >= 0.3 is 0 Å². The Morgan fingerprint density at radius 1 is 1.65 bits per heavy atom. The molecule has 0 aliphatic heterocycles. The van der Waals surface area contributed by atoms with E-state index in [1.807, 2.05) is 6.92 Å². The third-order valence-electron chi connectivity index (χ3n) is 3.00. The summed E-state index contributed by atoms with van der Waals surface area (Å²) in [5.41, 5.74) is 5.88. The molecular weight excluding hydrogens is 218 g/mol. The van der Waals surface area contributed by atoms with Crippen LogP contribution in [0.1, 0.15) is 30.9 Å². The van der Waals surface area contributed by atoms with Crippen LogP contribution in [0.4, 0.5) is 0 Å². The van der Waals surface area contributed by atoms with Gasteiger partial charge in [-0.05, 0) is 19.3 Å². The Morgan fingerprint density at radius 2 is 2.35 bits per heavy atom. The van der Waals surface area contributed by atoms with Crippen molar-refractivity contribution in [1.29, 1.82) is 0 Å². The maximum Gasteiger partial charge on any atom is 0.239 e. The van der Waals surface area contributed by atoms with Crippen LogP contribution in [0.5, 0.6) is 0 Å². The zero-order valence-corrected chi connectivity index (χ0v) is 10.3. The fourth-order valence-corrected chi connectivity index (χ4v) is 1.85. The second-order valence-electron chi connectivity index (χ2n) is 4.82. The molecule has 1 saturated carbocycles. The first-order chi connectivity index (χ1) is 8.06. The van der Waals surface area contributed by atoms with Crippen LogP contribution in [-0.2, 0) is 11.3 Å². The Bertz CT molecular complexity index is 398. The molecule has 1 heterocycles. The Balaban J connectivity index is 1.85. The minimum absolute atomic E-state index is 0.0284. The van der Waals surface area contributed by atoms with E-state index in [4.69, 9.17) is 5.73 Å². The molecule has 2 rings (SSSR count). The number of hydrogen-bond donors (Lipinski definition) is 2. The van der Waals surface area contributed by atoms with Crippen molar-refractivity contribution in [2.24, 2.45) is 11.7 Å². The second kappa shape index (κ2) is 4.83. The van der Waals surface area contributed by atoms with Crippen molar-refractivity contribution in [3.63, 3.8) is 0 Å². The van der Waals surface area contributed by atoms with Gasteiger partial charge in [0.15, 0.2) is 5.82 Å². The molecule has 17 heavy (non-hydrogen) atoms. The summed E-state index contributed by atoms with van der Waals surface area (Å²) >= 11 is 0. The van der Waals surface area contributed by atoms with Gasteiger partial charge in [0.25, 0.3) is 0 Å². The van der Waals surface area contributed by atoms with Gasteiger partial charge in [-0.25, -0.2) is 4.98 Å². The highest BCUT2D eigenvalue weighted by molar-refractivity contribution is 5.81. The molecule has 1 aromatic rings. The maximum absolute atomic E-state index is 12.0. The number of nitrogens with one attached hydrogen (secondary N) is 1. The Morgan fingerprint density at radius 3 is 2.88 bits per heavy atom. The van der Waals surface area contributed by atoms with Crippen LogP contribution >= 0.6 is 0 Å². The van der Waals surface area contributed by atoms with Gasteiger partial charge in [0.1, 0.15) is 5.82 Å². The van der Waals surface area contributed by atoms with Gasteiger partial charge in [0.05, 0.1) is 12.6 Å². The average molecular weight is 237 g/mol. The van der Waals surface area contributed by atoms with Crippen LogP contribution in [0.15, 0.2) is 0 Å². The van der Waals surface area contributed by atoms with Gasteiger partial charge in [-0.15, -0.1) is 0 Å². The molecule has 1 fully saturated rings. The van der Waals surface area contributed by atoms with Gasteiger partial charge in [0, 0.05) is 7.05 Å². The normalized spacial score (nSPS) is 16.9. The zero-order valence-electron chi connectivity index (χ0n) is 10.3. The number of rotatable bonds is 5. The number of aromatic amines is 1. The number of amides is 1. The van der Waals surface area contributed by atoms with E-state index in [9.17, 15) is 4.79 Å². The van der Waals surface area contributed by atoms with Crippen molar-refractivity contribution in [3.05, 3.63) is 11.6 Å². The Labute approximate surface area is 101 Å². The fraction of sp³-hybridized carbons (Fsp3) is 0.727. The highest BCUT2D eigenvalue weighted by Gasteiger charge is 2.28. The first-order valence-corrected chi connectivity index (χ1v) is 5.94. The monoisotopic (exact) mass is 237 g/mol. The van der Waals surface area contributed by atoms with Crippen molar-refractivity contribution >= 4 is 5.91 Å². The highest BCUT2D eigenvalue weighted by atomic mass is 16.2. The van der Waals surface area contributed by atoms with E-state index in [-0.39, 0.29) is 11.9 Å². The number of nitrogens with two attached hydrogens (primary N) is 1. The Kier molecular flexibility index (Phi) is 3.42. The van der Waals surface area contributed by atoms with E-state index in [0.717, 1.165) is 12.2 Å². The summed E-state index contributed by atoms with van der Waals surface area (Å²) in [6.45, 7) is 2.23. The van der Waals surface area contributed by atoms with Crippen molar-refractivity contribution in [2.45, 2.75) is 38.8 Å². The average Bonchev–Trinajstić information content (AvgIpc) is 3.00. The first kappa shape index (κ1) is 12.0. The van der Waals surface area contributed by atoms with Crippen molar-refractivity contribution in [2.75, 3.05) is 7.05 Å². The van der Waals surface area contributed by atoms with Gasteiger partial charge < -0.3 is 10.6 Å². The predicted molar refractivity (Wildman–Crippen MR) is 62.9 cm³/mol. The molecule has 1 unspecified atom stereocenters. The number of likely N-dealkylation sites (N-methyl/N-ethyl adjacent to an activating group) is 1. The lowest BCUT2D eigenvalue weighted by Gasteiger charge is -2.19. The molecule has 1 aliphatic rings. The van der Waals surface area contributed by atoms with Crippen LogP contribution in [0, 0.1) is 12.8 Å². The van der Waals surface area contributed by atoms with E-state index in [0.29, 0.717) is 18.3 Å². The summed E-state index contributed by atoms with van der Waals surface area (Å²) in [6, 6.07) is -0.382. The quantitative estimate of drug-likeness (QED) is 0.765. The maximum atomic E-state index is 12.0. The largest absolute Gasteiger partial charge is 0.337 e. The molecule has 0 radical (unpaired) electrons. The number of aryl methyl sites for hydroxylation is 1. The second-order valence-corrected chi connectivity index (χ2v) is 4.82. The van der Waals surface area contributed by atoms with Gasteiger partial charge in [-0.2, -0.15) is 5.10 Å². The molecule has 1 aliphatic carbocycles. The molecular formula is C11H19N5O. The van der Waals surface area contributed by atoms with Gasteiger partial charge in [0.2, 0.25) is 5.91 Å².